The molecule has 0 spiro atoms. The molecular formula is C13H19N3O3. The standard InChI is InChI=1S/C13H19N3O3/c1-9-5-13(15-7-12(9)16(17)18)19-8-11-4-2-3-10(11)6-14/h5,7,10-11H,2-4,6,8,14H2,1H3. The zero-order valence-electron chi connectivity index (χ0n) is 11.0. The maximum absolute atomic E-state index is 10.7. The molecule has 1 aliphatic rings. The van der Waals surface area contributed by atoms with Crippen molar-refractivity contribution in [2.24, 2.45) is 17.6 Å². The first-order valence-electron chi connectivity index (χ1n) is 6.55. The van der Waals surface area contributed by atoms with E-state index >= 15 is 0 Å². The van der Waals surface area contributed by atoms with Gasteiger partial charge in [0.15, 0.2) is 0 Å². The molecule has 1 aliphatic carbocycles. The van der Waals surface area contributed by atoms with Crippen LogP contribution in [0, 0.1) is 28.9 Å². The number of nitrogens with zero attached hydrogens (tertiary/aromatic N) is 2. The number of aromatic nitrogens is 1. The lowest BCUT2D eigenvalue weighted by Crippen LogP contribution is -2.23. The average molecular weight is 265 g/mol. The van der Waals surface area contributed by atoms with Gasteiger partial charge in [0.2, 0.25) is 5.88 Å². The smallest absolute Gasteiger partial charge is 0.290 e. The van der Waals surface area contributed by atoms with Gasteiger partial charge >= 0.3 is 0 Å². The van der Waals surface area contributed by atoms with Crippen LogP contribution in [-0.2, 0) is 0 Å². The number of rotatable bonds is 5. The third-order valence-electron chi connectivity index (χ3n) is 3.82. The van der Waals surface area contributed by atoms with Crippen LogP contribution < -0.4 is 10.5 Å². The topological polar surface area (TPSA) is 91.3 Å². The van der Waals surface area contributed by atoms with Crippen LogP contribution in [-0.4, -0.2) is 23.1 Å². The summed E-state index contributed by atoms with van der Waals surface area (Å²) in [5, 5.41) is 10.7. The predicted octanol–water partition coefficient (Wildman–Crippen LogP) is 2.05. The van der Waals surface area contributed by atoms with E-state index in [0.717, 1.165) is 12.8 Å². The summed E-state index contributed by atoms with van der Waals surface area (Å²) in [5.41, 5.74) is 6.31. The molecule has 2 unspecified atom stereocenters. The first-order chi connectivity index (χ1) is 9.11. The Morgan fingerprint density at radius 2 is 2.26 bits per heavy atom. The minimum absolute atomic E-state index is 0.0213. The number of ether oxygens (including phenoxy) is 1. The quantitative estimate of drug-likeness (QED) is 0.649. The van der Waals surface area contributed by atoms with E-state index in [9.17, 15) is 10.1 Å². The van der Waals surface area contributed by atoms with Gasteiger partial charge in [0.25, 0.3) is 5.69 Å². The van der Waals surface area contributed by atoms with Crippen LogP contribution in [0.1, 0.15) is 24.8 Å². The predicted molar refractivity (Wildman–Crippen MR) is 71.0 cm³/mol. The van der Waals surface area contributed by atoms with Crippen LogP contribution in [0.15, 0.2) is 12.3 Å². The van der Waals surface area contributed by atoms with Crippen LogP contribution in [0.2, 0.25) is 0 Å². The first kappa shape index (κ1) is 13.7. The van der Waals surface area contributed by atoms with Crippen molar-refractivity contribution in [2.75, 3.05) is 13.2 Å². The summed E-state index contributed by atoms with van der Waals surface area (Å²) in [6.07, 6.45) is 4.74. The summed E-state index contributed by atoms with van der Waals surface area (Å²) >= 11 is 0. The largest absolute Gasteiger partial charge is 0.477 e. The Morgan fingerprint density at radius 1 is 1.53 bits per heavy atom. The molecule has 0 aliphatic heterocycles. The van der Waals surface area contributed by atoms with E-state index in [2.05, 4.69) is 4.98 Å². The number of hydrogen-bond donors (Lipinski definition) is 1. The van der Waals surface area contributed by atoms with Gasteiger partial charge in [-0.05, 0) is 38.1 Å². The second-order valence-corrected chi connectivity index (χ2v) is 5.06. The Bertz CT molecular complexity index is 464. The van der Waals surface area contributed by atoms with Gasteiger partial charge in [0.05, 0.1) is 11.5 Å². The molecule has 2 atom stereocenters. The van der Waals surface area contributed by atoms with E-state index in [0.29, 0.717) is 36.4 Å². The van der Waals surface area contributed by atoms with Gasteiger partial charge in [-0.25, -0.2) is 4.98 Å². The van der Waals surface area contributed by atoms with Gasteiger partial charge in [-0.3, -0.25) is 10.1 Å². The van der Waals surface area contributed by atoms with Crippen molar-refractivity contribution in [1.82, 2.24) is 4.98 Å². The highest BCUT2D eigenvalue weighted by Gasteiger charge is 2.26. The van der Waals surface area contributed by atoms with E-state index in [4.69, 9.17) is 10.5 Å². The second kappa shape index (κ2) is 5.97. The molecule has 1 fully saturated rings. The summed E-state index contributed by atoms with van der Waals surface area (Å²) in [6, 6.07) is 1.62. The number of nitrogens with two attached hydrogens (primary N) is 1. The van der Waals surface area contributed by atoms with E-state index in [-0.39, 0.29) is 5.69 Å². The molecule has 1 aromatic heterocycles. The number of hydrogen-bond acceptors (Lipinski definition) is 5. The molecule has 6 heteroatoms. The molecule has 0 saturated heterocycles. The van der Waals surface area contributed by atoms with Crippen LogP contribution in [0.3, 0.4) is 0 Å². The zero-order valence-corrected chi connectivity index (χ0v) is 11.0. The van der Waals surface area contributed by atoms with Gasteiger partial charge in [0.1, 0.15) is 6.20 Å². The SMILES string of the molecule is Cc1cc(OCC2CCCC2CN)ncc1[N+](=O)[O-]. The molecule has 104 valence electrons. The van der Waals surface area contributed by atoms with Crippen molar-refractivity contribution >= 4 is 5.69 Å². The van der Waals surface area contributed by atoms with Crippen molar-refractivity contribution < 1.29 is 9.66 Å². The van der Waals surface area contributed by atoms with Gasteiger partial charge < -0.3 is 10.5 Å². The van der Waals surface area contributed by atoms with Gasteiger partial charge in [-0.2, -0.15) is 0 Å². The summed E-state index contributed by atoms with van der Waals surface area (Å²) < 4.78 is 5.65. The van der Waals surface area contributed by atoms with Gasteiger partial charge in [0, 0.05) is 11.6 Å². The second-order valence-electron chi connectivity index (χ2n) is 5.06. The molecule has 2 rings (SSSR count). The fraction of sp³-hybridized carbons (Fsp3) is 0.615. The lowest BCUT2D eigenvalue weighted by Gasteiger charge is -2.17. The molecular weight excluding hydrogens is 246 g/mol. The molecule has 2 N–H and O–H groups in total. The normalized spacial score (nSPS) is 22.4. The highest BCUT2D eigenvalue weighted by atomic mass is 16.6. The highest BCUT2D eigenvalue weighted by Crippen LogP contribution is 2.31. The number of nitro groups is 1. The number of aryl methyl sites for hydroxylation is 1. The summed E-state index contributed by atoms with van der Waals surface area (Å²) in [7, 11) is 0. The Hall–Kier alpha value is -1.69. The van der Waals surface area contributed by atoms with Crippen molar-refractivity contribution in [2.45, 2.75) is 26.2 Å². The molecule has 19 heavy (non-hydrogen) atoms. The first-order valence-corrected chi connectivity index (χ1v) is 6.55. The molecule has 1 aromatic rings. The minimum Gasteiger partial charge on any atom is -0.477 e. The molecule has 0 aromatic carbocycles. The molecule has 1 heterocycles. The van der Waals surface area contributed by atoms with Crippen LogP contribution in [0.4, 0.5) is 5.69 Å². The molecule has 0 amide bonds. The van der Waals surface area contributed by atoms with Crippen molar-refractivity contribution in [3.8, 4) is 5.88 Å². The Labute approximate surface area is 112 Å². The lowest BCUT2D eigenvalue weighted by molar-refractivity contribution is -0.385. The molecule has 0 bridgehead atoms. The summed E-state index contributed by atoms with van der Waals surface area (Å²) in [4.78, 5) is 14.2. The molecule has 0 radical (unpaired) electrons. The summed E-state index contributed by atoms with van der Waals surface area (Å²) in [5.74, 6) is 1.45. The third kappa shape index (κ3) is 3.20. The maximum atomic E-state index is 10.7. The highest BCUT2D eigenvalue weighted by molar-refractivity contribution is 5.39. The van der Waals surface area contributed by atoms with E-state index < -0.39 is 4.92 Å². The van der Waals surface area contributed by atoms with Gasteiger partial charge in [-0.1, -0.05) is 6.42 Å². The zero-order chi connectivity index (χ0) is 13.8. The van der Waals surface area contributed by atoms with E-state index in [1.807, 2.05) is 0 Å². The van der Waals surface area contributed by atoms with Crippen molar-refractivity contribution in [3.05, 3.63) is 27.9 Å². The molecule has 1 saturated carbocycles. The van der Waals surface area contributed by atoms with Crippen molar-refractivity contribution in [3.63, 3.8) is 0 Å². The average Bonchev–Trinajstić information content (AvgIpc) is 2.83. The van der Waals surface area contributed by atoms with Gasteiger partial charge in [-0.15, -0.1) is 0 Å². The Kier molecular flexibility index (Phi) is 4.31. The number of pyridine rings is 1. The minimum atomic E-state index is -0.437. The van der Waals surface area contributed by atoms with E-state index in [1.54, 1.807) is 13.0 Å². The Morgan fingerprint density at radius 3 is 2.89 bits per heavy atom. The fourth-order valence-electron chi connectivity index (χ4n) is 2.63. The lowest BCUT2D eigenvalue weighted by atomic mass is 9.97. The summed E-state index contributed by atoms with van der Waals surface area (Å²) in [6.45, 7) is 2.97. The van der Waals surface area contributed by atoms with Crippen LogP contribution in [0.5, 0.6) is 5.88 Å². The fourth-order valence-corrected chi connectivity index (χ4v) is 2.63. The van der Waals surface area contributed by atoms with Crippen LogP contribution in [0.25, 0.3) is 0 Å². The van der Waals surface area contributed by atoms with Crippen LogP contribution >= 0.6 is 0 Å². The third-order valence-corrected chi connectivity index (χ3v) is 3.82. The molecule has 6 nitrogen and oxygen atoms in total. The Balaban J connectivity index is 1.96. The maximum Gasteiger partial charge on any atom is 0.290 e. The van der Waals surface area contributed by atoms with Crippen molar-refractivity contribution in [1.29, 1.82) is 0 Å². The van der Waals surface area contributed by atoms with E-state index in [1.165, 1.54) is 12.6 Å². The monoisotopic (exact) mass is 265 g/mol.